The fourth-order valence-electron chi connectivity index (χ4n) is 7.84. The summed E-state index contributed by atoms with van der Waals surface area (Å²) in [6.45, 7) is 2.78. The summed E-state index contributed by atoms with van der Waals surface area (Å²) in [6, 6.07) is 0. The van der Waals surface area contributed by atoms with Gasteiger partial charge in [-0.3, -0.25) is 0 Å². The Morgan fingerprint density at radius 3 is 0.900 bits per heavy atom. The predicted octanol–water partition coefficient (Wildman–Crippen LogP) is 9.81. The fourth-order valence-corrected chi connectivity index (χ4v) is 7.84. The molecule has 2 saturated carbocycles. The van der Waals surface area contributed by atoms with Crippen LogP contribution in [0.1, 0.15) is 205 Å². The average Bonchev–Trinajstić information content (AvgIpc) is 2.95. The van der Waals surface area contributed by atoms with Gasteiger partial charge in [-0.25, -0.2) is 0 Å². The normalized spacial score (nSPS) is 17.2. The lowest BCUT2D eigenvalue weighted by atomic mass is 9.85. The van der Waals surface area contributed by atoms with Crippen LogP contribution in [0.3, 0.4) is 0 Å². The van der Waals surface area contributed by atoms with Gasteiger partial charge in [-0.05, 0) is 37.5 Å². The van der Waals surface area contributed by atoms with Crippen LogP contribution in [-0.2, 0) is 0 Å². The van der Waals surface area contributed by atoms with E-state index in [9.17, 15) is 0 Å². The quantitative estimate of drug-likeness (QED) is 0.0662. The lowest BCUT2D eigenvalue weighted by Gasteiger charge is -2.30. The van der Waals surface area contributed by atoms with E-state index in [4.69, 9.17) is 0 Å². The zero-order valence-corrected chi connectivity index (χ0v) is 29.6. The molecule has 0 aromatic heterocycles. The highest BCUT2D eigenvalue weighted by Gasteiger charge is 2.14. The SMILES string of the molecule is C[N+](C)(CCCCCCCCCCCCC1CCCCC1)CCCCCCCCCCCCC1CCCCC1.[Br-]. The van der Waals surface area contributed by atoms with Gasteiger partial charge in [0.25, 0.3) is 0 Å². The van der Waals surface area contributed by atoms with Crippen LogP contribution in [0.5, 0.6) is 0 Å². The first-order valence-electron chi connectivity index (χ1n) is 19.0. The van der Waals surface area contributed by atoms with Gasteiger partial charge < -0.3 is 21.5 Å². The summed E-state index contributed by atoms with van der Waals surface area (Å²) in [5, 5.41) is 0. The topological polar surface area (TPSA) is 0 Å². The summed E-state index contributed by atoms with van der Waals surface area (Å²) in [5.41, 5.74) is 0. The van der Waals surface area contributed by atoms with Crippen molar-refractivity contribution in [2.75, 3.05) is 27.2 Å². The van der Waals surface area contributed by atoms with Gasteiger partial charge in [0.2, 0.25) is 0 Å². The zero-order chi connectivity index (χ0) is 27.7. The molecule has 0 atom stereocenters. The molecule has 40 heavy (non-hydrogen) atoms. The Morgan fingerprint density at radius 2 is 0.600 bits per heavy atom. The Bertz CT molecular complexity index is 462. The van der Waals surface area contributed by atoms with E-state index in [1.165, 1.54) is 223 Å². The third-order valence-corrected chi connectivity index (χ3v) is 10.7. The van der Waals surface area contributed by atoms with Crippen LogP contribution in [0.15, 0.2) is 0 Å². The molecule has 0 saturated heterocycles. The van der Waals surface area contributed by atoms with Crippen LogP contribution in [0, 0.1) is 11.8 Å². The zero-order valence-electron chi connectivity index (χ0n) is 28.0. The minimum Gasteiger partial charge on any atom is -1.00 e. The minimum absolute atomic E-state index is 0. The maximum absolute atomic E-state index is 2.47. The summed E-state index contributed by atoms with van der Waals surface area (Å²) < 4.78 is 1.25. The molecule has 1 nitrogen and oxygen atoms in total. The standard InChI is InChI=1S/C38H76N.BrH/c1-39(2,35-27-17-13-9-5-3-7-11-15-21-29-37-31-23-19-24-32-37)36-28-18-14-10-6-4-8-12-16-22-30-38-33-25-20-26-34-38;/h37-38H,3-36H2,1-2H3;1H/q+1;/p-1. The summed E-state index contributed by atoms with van der Waals surface area (Å²) in [6.07, 6.45) is 48.0. The number of nitrogens with zero attached hydrogens (tertiary/aromatic N) is 1. The Hall–Kier alpha value is 0.440. The molecule has 0 radical (unpaired) electrons. The lowest BCUT2D eigenvalue weighted by molar-refractivity contribution is -0.890. The molecule has 0 bridgehead atoms. The molecular formula is C38H76BrN. The van der Waals surface area contributed by atoms with Gasteiger partial charge in [-0.15, -0.1) is 0 Å². The Morgan fingerprint density at radius 1 is 0.350 bits per heavy atom. The van der Waals surface area contributed by atoms with E-state index in [1.54, 1.807) is 0 Å². The van der Waals surface area contributed by atoms with E-state index in [0.717, 1.165) is 11.8 Å². The second kappa shape index (κ2) is 27.0. The van der Waals surface area contributed by atoms with Crippen molar-refractivity contribution in [2.24, 2.45) is 11.8 Å². The van der Waals surface area contributed by atoms with E-state index in [0.29, 0.717) is 0 Å². The van der Waals surface area contributed by atoms with Gasteiger partial charge in [0.1, 0.15) is 0 Å². The molecule has 2 heteroatoms. The van der Waals surface area contributed by atoms with E-state index in [2.05, 4.69) is 14.1 Å². The first kappa shape index (κ1) is 38.5. The van der Waals surface area contributed by atoms with Gasteiger partial charge >= 0.3 is 0 Å². The van der Waals surface area contributed by atoms with E-state index in [1.807, 2.05) is 0 Å². The molecule has 240 valence electrons. The second-order valence-corrected chi connectivity index (χ2v) is 15.0. The van der Waals surface area contributed by atoms with Crippen molar-refractivity contribution < 1.29 is 21.5 Å². The van der Waals surface area contributed by atoms with Crippen molar-refractivity contribution in [2.45, 2.75) is 205 Å². The Kier molecular flexibility index (Phi) is 26.0. The molecule has 2 aliphatic rings. The van der Waals surface area contributed by atoms with Crippen LogP contribution in [-0.4, -0.2) is 31.7 Å². The number of quaternary nitrogens is 1. The maximum Gasteiger partial charge on any atom is 0.0782 e. The highest BCUT2D eigenvalue weighted by Crippen LogP contribution is 2.29. The third-order valence-electron chi connectivity index (χ3n) is 10.7. The van der Waals surface area contributed by atoms with Crippen molar-refractivity contribution in [1.29, 1.82) is 0 Å². The summed E-state index contributed by atoms with van der Waals surface area (Å²) in [7, 11) is 4.95. The first-order chi connectivity index (χ1) is 19.2. The van der Waals surface area contributed by atoms with Crippen molar-refractivity contribution in [3.63, 3.8) is 0 Å². The van der Waals surface area contributed by atoms with Gasteiger partial charge in [-0.2, -0.15) is 0 Å². The molecule has 2 rings (SSSR count). The Labute approximate surface area is 265 Å². The summed E-state index contributed by atoms with van der Waals surface area (Å²) in [5.74, 6) is 2.19. The largest absolute Gasteiger partial charge is 1.00 e. The van der Waals surface area contributed by atoms with Crippen LogP contribution >= 0.6 is 0 Å². The van der Waals surface area contributed by atoms with Crippen LogP contribution in [0.25, 0.3) is 0 Å². The highest BCUT2D eigenvalue weighted by atomic mass is 79.9. The highest BCUT2D eigenvalue weighted by molar-refractivity contribution is 4.66. The summed E-state index contributed by atoms with van der Waals surface area (Å²) in [4.78, 5) is 0. The van der Waals surface area contributed by atoms with E-state index in [-0.39, 0.29) is 17.0 Å². The molecule has 0 aromatic rings. The van der Waals surface area contributed by atoms with Gasteiger partial charge in [0, 0.05) is 0 Å². The lowest BCUT2D eigenvalue weighted by Crippen LogP contribution is -3.00. The number of hydrogen-bond donors (Lipinski definition) is 0. The fraction of sp³-hybridized carbons (Fsp3) is 1.00. The number of unbranched alkanes of at least 4 members (excludes halogenated alkanes) is 18. The molecule has 0 heterocycles. The number of halogens is 1. The predicted molar refractivity (Wildman–Crippen MR) is 177 cm³/mol. The monoisotopic (exact) mass is 626 g/mol. The maximum atomic E-state index is 2.47. The summed E-state index contributed by atoms with van der Waals surface area (Å²) >= 11 is 0. The Balaban J connectivity index is 0.00000800. The first-order valence-corrected chi connectivity index (χ1v) is 19.0. The van der Waals surface area contributed by atoms with Crippen LogP contribution in [0.2, 0.25) is 0 Å². The van der Waals surface area contributed by atoms with Crippen molar-refractivity contribution in [1.82, 2.24) is 0 Å². The van der Waals surface area contributed by atoms with Crippen molar-refractivity contribution >= 4 is 0 Å². The molecule has 2 aliphatic carbocycles. The number of hydrogen-bond acceptors (Lipinski definition) is 0. The van der Waals surface area contributed by atoms with Gasteiger partial charge in [0.05, 0.1) is 27.2 Å². The van der Waals surface area contributed by atoms with Crippen LogP contribution < -0.4 is 17.0 Å². The minimum atomic E-state index is 0. The molecule has 0 spiro atoms. The van der Waals surface area contributed by atoms with Crippen molar-refractivity contribution in [3.05, 3.63) is 0 Å². The smallest absolute Gasteiger partial charge is 0.0782 e. The van der Waals surface area contributed by atoms with E-state index >= 15 is 0 Å². The molecule has 0 amide bonds. The van der Waals surface area contributed by atoms with E-state index < -0.39 is 0 Å². The molecule has 0 aliphatic heterocycles. The molecule has 0 unspecified atom stereocenters. The number of rotatable bonds is 26. The van der Waals surface area contributed by atoms with Gasteiger partial charge in [0.15, 0.2) is 0 Å². The third kappa shape index (κ3) is 23.0. The average molecular weight is 627 g/mol. The van der Waals surface area contributed by atoms with Crippen LogP contribution in [0.4, 0.5) is 0 Å². The molecule has 0 aromatic carbocycles. The second-order valence-electron chi connectivity index (χ2n) is 15.0. The molecular weight excluding hydrogens is 550 g/mol. The molecule has 0 N–H and O–H groups in total. The molecule has 2 fully saturated rings. The van der Waals surface area contributed by atoms with Crippen molar-refractivity contribution in [3.8, 4) is 0 Å². The van der Waals surface area contributed by atoms with Gasteiger partial charge in [-0.1, -0.05) is 180 Å².